The number of anilines is 2. The minimum atomic E-state index is 0.392. The third-order valence-corrected chi connectivity index (χ3v) is 4.35. The van der Waals surface area contributed by atoms with Gasteiger partial charge in [0.25, 0.3) is 0 Å². The molecule has 0 bridgehead atoms. The molecule has 2 aromatic rings. The van der Waals surface area contributed by atoms with Crippen LogP contribution in [0.15, 0.2) is 53.0 Å². The highest BCUT2D eigenvalue weighted by molar-refractivity contribution is 9.10. The van der Waals surface area contributed by atoms with Gasteiger partial charge in [-0.15, -0.1) is 0 Å². The topological polar surface area (TPSA) is 15.3 Å². The zero-order valence-corrected chi connectivity index (χ0v) is 13.5. The monoisotopic (exact) mass is 346 g/mol. The van der Waals surface area contributed by atoms with Gasteiger partial charge < -0.3 is 10.2 Å². The van der Waals surface area contributed by atoms with Crippen LogP contribution in [0.25, 0.3) is 0 Å². The van der Waals surface area contributed by atoms with Crippen LogP contribution < -0.4 is 10.2 Å². The van der Waals surface area contributed by atoms with E-state index in [0.29, 0.717) is 6.04 Å². The summed E-state index contributed by atoms with van der Waals surface area (Å²) in [5.41, 5.74) is 3.59. The fourth-order valence-corrected chi connectivity index (χ4v) is 3.25. The Balaban J connectivity index is 1.82. The lowest BCUT2D eigenvalue weighted by Gasteiger charge is -2.26. The van der Waals surface area contributed by atoms with Crippen molar-refractivity contribution in [1.29, 1.82) is 0 Å². The second kappa shape index (κ2) is 5.54. The molecule has 2 nitrogen and oxygen atoms in total. The first-order valence-corrected chi connectivity index (χ1v) is 7.79. The minimum absolute atomic E-state index is 0.392. The van der Waals surface area contributed by atoms with Crippen LogP contribution in [-0.4, -0.2) is 11.2 Å². The van der Waals surface area contributed by atoms with Crippen molar-refractivity contribution in [1.82, 2.24) is 0 Å². The van der Waals surface area contributed by atoms with E-state index in [9.17, 15) is 0 Å². The molecule has 1 aliphatic heterocycles. The number of thiocarbonyl (C=S) groups is 1. The minimum Gasteiger partial charge on any atom is -0.332 e. The summed E-state index contributed by atoms with van der Waals surface area (Å²) in [6, 6.07) is 16.9. The predicted octanol–water partition coefficient (Wildman–Crippen LogP) is 4.60. The van der Waals surface area contributed by atoms with Gasteiger partial charge in [-0.1, -0.05) is 34.1 Å². The maximum atomic E-state index is 5.58. The number of hydrogen-bond acceptors (Lipinski definition) is 1. The molecular formula is C16H15BrN2S. The van der Waals surface area contributed by atoms with Crippen LogP contribution >= 0.6 is 28.1 Å². The number of nitrogens with one attached hydrogen (secondary N) is 1. The Kier molecular flexibility index (Phi) is 3.76. The van der Waals surface area contributed by atoms with Crippen molar-refractivity contribution in [3.05, 3.63) is 58.6 Å². The summed E-state index contributed by atoms with van der Waals surface area (Å²) in [7, 11) is 0. The van der Waals surface area contributed by atoms with Crippen molar-refractivity contribution in [3.8, 4) is 0 Å². The first-order chi connectivity index (χ1) is 9.65. The Hall–Kier alpha value is -1.39. The first kappa shape index (κ1) is 13.6. The molecule has 3 rings (SSSR count). The summed E-state index contributed by atoms with van der Waals surface area (Å²) in [5.74, 6) is 0. The molecule has 0 spiro atoms. The predicted molar refractivity (Wildman–Crippen MR) is 92.4 cm³/mol. The van der Waals surface area contributed by atoms with Gasteiger partial charge in [-0.25, -0.2) is 0 Å². The molecule has 0 saturated heterocycles. The van der Waals surface area contributed by atoms with Crippen LogP contribution in [0.2, 0.25) is 0 Å². The maximum absolute atomic E-state index is 5.58. The summed E-state index contributed by atoms with van der Waals surface area (Å²) in [4.78, 5) is 2.20. The van der Waals surface area contributed by atoms with E-state index < -0.39 is 0 Å². The standard InChI is InChI=1S/C16H15BrN2S/c1-11-10-12-4-2-3-5-15(12)19(11)16(20)18-14-8-6-13(17)7-9-14/h2-9,11H,10H2,1H3,(H,18,20). The average Bonchev–Trinajstić information content (AvgIpc) is 2.77. The number of benzene rings is 2. The highest BCUT2D eigenvalue weighted by atomic mass is 79.9. The quantitative estimate of drug-likeness (QED) is 0.759. The van der Waals surface area contributed by atoms with Gasteiger partial charge in [0.2, 0.25) is 0 Å². The van der Waals surface area contributed by atoms with E-state index in [1.807, 2.05) is 24.3 Å². The van der Waals surface area contributed by atoms with Crippen molar-refractivity contribution >= 4 is 44.6 Å². The number of fused-ring (bicyclic) bond motifs is 1. The highest BCUT2D eigenvalue weighted by Crippen LogP contribution is 2.32. The molecule has 0 amide bonds. The number of halogens is 1. The summed E-state index contributed by atoms with van der Waals surface area (Å²) in [5, 5.41) is 4.07. The Bertz CT molecular complexity index is 639. The van der Waals surface area contributed by atoms with Crippen molar-refractivity contribution in [2.24, 2.45) is 0 Å². The molecule has 4 heteroatoms. The normalized spacial score (nSPS) is 16.9. The lowest BCUT2D eigenvalue weighted by atomic mass is 10.1. The van der Waals surface area contributed by atoms with Gasteiger partial charge in [0, 0.05) is 21.9 Å². The molecule has 0 aliphatic carbocycles. The molecule has 1 heterocycles. The first-order valence-electron chi connectivity index (χ1n) is 6.59. The lowest BCUT2D eigenvalue weighted by Crippen LogP contribution is -2.38. The zero-order valence-electron chi connectivity index (χ0n) is 11.1. The molecule has 1 unspecified atom stereocenters. The van der Waals surface area contributed by atoms with E-state index in [4.69, 9.17) is 12.2 Å². The summed E-state index contributed by atoms with van der Waals surface area (Å²) in [6.07, 6.45) is 1.04. The Labute approximate surface area is 132 Å². The second-order valence-electron chi connectivity index (χ2n) is 4.99. The number of rotatable bonds is 1. The molecule has 102 valence electrons. The second-order valence-corrected chi connectivity index (χ2v) is 6.29. The van der Waals surface area contributed by atoms with Crippen molar-refractivity contribution in [2.75, 3.05) is 10.2 Å². The third-order valence-electron chi connectivity index (χ3n) is 3.52. The fraction of sp³-hybridized carbons (Fsp3) is 0.188. The van der Waals surface area contributed by atoms with Crippen LogP contribution in [0.3, 0.4) is 0 Å². The Morgan fingerprint density at radius 1 is 1.20 bits per heavy atom. The van der Waals surface area contributed by atoms with Gasteiger partial charge in [0.05, 0.1) is 0 Å². The van der Waals surface area contributed by atoms with E-state index in [-0.39, 0.29) is 0 Å². The number of para-hydroxylation sites is 1. The molecule has 0 saturated carbocycles. The third kappa shape index (κ3) is 2.58. The Morgan fingerprint density at radius 2 is 1.90 bits per heavy atom. The van der Waals surface area contributed by atoms with E-state index in [1.54, 1.807) is 0 Å². The van der Waals surface area contributed by atoms with Crippen LogP contribution in [0.1, 0.15) is 12.5 Å². The fourth-order valence-electron chi connectivity index (χ4n) is 2.59. The van der Waals surface area contributed by atoms with E-state index in [1.165, 1.54) is 11.3 Å². The molecule has 0 aromatic heterocycles. The molecular weight excluding hydrogens is 332 g/mol. The number of hydrogen-bond donors (Lipinski definition) is 1. The van der Waals surface area contributed by atoms with Crippen molar-refractivity contribution in [3.63, 3.8) is 0 Å². The van der Waals surface area contributed by atoms with Crippen LogP contribution in [0.4, 0.5) is 11.4 Å². The molecule has 0 radical (unpaired) electrons. The van der Waals surface area contributed by atoms with Gasteiger partial charge in [-0.2, -0.15) is 0 Å². The molecule has 1 N–H and O–H groups in total. The Morgan fingerprint density at radius 3 is 2.65 bits per heavy atom. The molecule has 0 fully saturated rings. The molecule has 1 atom stereocenters. The zero-order chi connectivity index (χ0) is 14.1. The molecule has 1 aliphatic rings. The van der Waals surface area contributed by atoms with Crippen molar-refractivity contribution in [2.45, 2.75) is 19.4 Å². The SMILES string of the molecule is CC1Cc2ccccc2N1C(=S)Nc1ccc(Br)cc1. The molecule has 20 heavy (non-hydrogen) atoms. The van der Waals surface area contributed by atoms with Gasteiger partial charge in [-0.05, 0) is 61.5 Å². The van der Waals surface area contributed by atoms with E-state index in [2.05, 4.69) is 57.3 Å². The van der Waals surface area contributed by atoms with Gasteiger partial charge >= 0.3 is 0 Å². The summed E-state index contributed by atoms with van der Waals surface area (Å²) < 4.78 is 1.06. The van der Waals surface area contributed by atoms with E-state index in [0.717, 1.165) is 21.7 Å². The van der Waals surface area contributed by atoms with Crippen LogP contribution in [0.5, 0.6) is 0 Å². The largest absolute Gasteiger partial charge is 0.332 e. The van der Waals surface area contributed by atoms with Crippen molar-refractivity contribution < 1.29 is 0 Å². The van der Waals surface area contributed by atoms with Crippen LogP contribution in [0, 0.1) is 0 Å². The number of nitrogens with zero attached hydrogens (tertiary/aromatic N) is 1. The van der Waals surface area contributed by atoms with Crippen LogP contribution in [-0.2, 0) is 6.42 Å². The van der Waals surface area contributed by atoms with Gasteiger partial charge in [0.15, 0.2) is 5.11 Å². The average molecular weight is 347 g/mol. The maximum Gasteiger partial charge on any atom is 0.178 e. The summed E-state index contributed by atoms with van der Waals surface area (Å²) in [6.45, 7) is 2.20. The van der Waals surface area contributed by atoms with Gasteiger partial charge in [-0.3, -0.25) is 0 Å². The lowest BCUT2D eigenvalue weighted by molar-refractivity contribution is 0.776. The highest BCUT2D eigenvalue weighted by Gasteiger charge is 2.28. The smallest absolute Gasteiger partial charge is 0.178 e. The molecule has 2 aromatic carbocycles. The van der Waals surface area contributed by atoms with E-state index >= 15 is 0 Å². The van der Waals surface area contributed by atoms with Gasteiger partial charge in [0.1, 0.15) is 0 Å². The summed E-state index contributed by atoms with van der Waals surface area (Å²) >= 11 is 9.02.